The molecule has 8 heteroatoms. The number of carbonyl (C=O) groups is 2. The van der Waals surface area contributed by atoms with E-state index in [4.69, 9.17) is 0 Å². The first kappa shape index (κ1) is 23.7. The van der Waals surface area contributed by atoms with Gasteiger partial charge in [-0.05, 0) is 49.6 Å². The summed E-state index contributed by atoms with van der Waals surface area (Å²) in [5, 5.41) is 2.48. The van der Waals surface area contributed by atoms with Crippen LogP contribution in [-0.2, 0) is 21.4 Å². The Morgan fingerprint density at radius 3 is 2.17 bits per heavy atom. The minimum absolute atomic E-state index is 0.0474. The molecule has 0 spiro atoms. The van der Waals surface area contributed by atoms with Gasteiger partial charge in [0.2, 0.25) is 16.4 Å². The zero-order valence-electron chi connectivity index (χ0n) is 16.9. The molecule has 2 N–H and O–H groups in total. The molecule has 1 aliphatic rings. The molecule has 1 saturated carbocycles. The van der Waals surface area contributed by atoms with Crippen LogP contribution in [0.25, 0.3) is 0 Å². The number of halogens is 1. The number of sulfonamides is 1. The molecule has 1 fully saturated rings. The van der Waals surface area contributed by atoms with Crippen molar-refractivity contribution in [2.24, 2.45) is 0 Å². The molecule has 0 aliphatic heterocycles. The van der Waals surface area contributed by atoms with E-state index in [2.05, 4.69) is 10.0 Å². The average molecular weight is 435 g/mol. The van der Waals surface area contributed by atoms with E-state index in [0.29, 0.717) is 18.5 Å². The topological polar surface area (TPSA) is 92.3 Å². The summed E-state index contributed by atoms with van der Waals surface area (Å²) in [4.78, 5) is 21.2. The van der Waals surface area contributed by atoms with Crippen LogP contribution in [0.2, 0.25) is 0 Å². The first-order chi connectivity index (χ1) is 14.3. The number of rotatable bonds is 7. The summed E-state index contributed by atoms with van der Waals surface area (Å²) in [6.45, 7) is 1.91. The van der Waals surface area contributed by atoms with E-state index < -0.39 is 10.0 Å². The van der Waals surface area contributed by atoms with Crippen LogP contribution in [0.5, 0.6) is 0 Å². The molecule has 2 aromatic carbocycles. The van der Waals surface area contributed by atoms with Gasteiger partial charge in [-0.25, -0.2) is 17.5 Å². The van der Waals surface area contributed by atoms with Crippen LogP contribution in [0.1, 0.15) is 54.9 Å². The predicted molar refractivity (Wildman–Crippen MR) is 113 cm³/mol. The van der Waals surface area contributed by atoms with Crippen molar-refractivity contribution in [1.29, 1.82) is 0 Å². The van der Waals surface area contributed by atoms with Crippen molar-refractivity contribution < 1.29 is 22.4 Å². The molecule has 0 bridgehead atoms. The van der Waals surface area contributed by atoms with E-state index >= 15 is 0 Å². The number of benzene rings is 2. The number of nitrogens with one attached hydrogen (secondary N) is 2. The molecule has 30 heavy (non-hydrogen) atoms. The Morgan fingerprint density at radius 1 is 1.03 bits per heavy atom. The van der Waals surface area contributed by atoms with E-state index in [9.17, 15) is 22.4 Å². The van der Waals surface area contributed by atoms with Gasteiger partial charge in [0, 0.05) is 18.2 Å². The van der Waals surface area contributed by atoms with Gasteiger partial charge in [-0.1, -0.05) is 43.5 Å². The molecule has 1 amide bonds. The van der Waals surface area contributed by atoms with Crippen LogP contribution in [0.15, 0.2) is 53.4 Å². The van der Waals surface area contributed by atoms with Gasteiger partial charge >= 0.3 is 0 Å². The van der Waals surface area contributed by atoms with Crippen molar-refractivity contribution in [3.8, 4) is 0 Å². The fraction of sp³-hybridized carbons (Fsp3) is 0.364. The lowest BCUT2D eigenvalue weighted by Crippen LogP contribution is -2.36. The second kappa shape index (κ2) is 11.6. The average Bonchev–Trinajstić information content (AvgIpc) is 2.74. The smallest absolute Gasteiger partial charge is 0.240 e. The van der Waals surface area contributed by atoms with Crippen LogP contribution in [0, 0.1) is 5.82 Å². The van der Waals surface area contributed by atoms with E-state index in [0.717, 1.165) is 31.2 Å². The molecule has 6 nitrogen and oxygen atoms in total. The molecule has 0 atom stereocenters. The van der Waals surface area contributed by atoms with Crippen LogP contribution in [-0.4, -0.2) is 26.7 Å². The van der Waals surface area contributed by atoms with E-state index in [1.54, 1.807) is 24.3 Å². The number of ketones is 1. The first-order valence-electron chi connectivity index (χ1n) is 9.86. The molecule has 1 aliphatic carbocycles. The maximum atomic E-state index is 12.3. The lowest BCUT2D eigenvalue weighted by atomic mass is 9.96. The molecule has 0 heterocycles. The zero-order chi connectivity index (χ0) is 22.0. The van der Waals surface area contributed by atoms with Gasteiger partial charge in [0.05, 0.1) is 4.90 Å². The molecule has 0 radical (unpaired) electrons. The lowest BCUT2D eigenvalue weighted by Gasteiger charge is -2.22. The normalized spacial score (nSPS) is 14.3. The minimum Gasteiger partial charge on any atom is -0.355 e. The summed E-state index contributed by atoms with van der Waals surface area (Å²) in [7, 11) is -3.46. The Bertz CT molecular complexity index is 923. The lowest BCUT2D eigenvalue weighted by molar-refractivity contribution is -0.109. The first-order valence-corrected chi connectivity index (χ1v) is 11.3. The highest BCUT2D eigenvalue weighted by Gasteiger charge is 2.21. The van der Waals surface area contributed by atoms with Gasteiger partial charge in [-0.15, -0.1) is 0 Å². The highest BCUT2D eigenvalue weighted by atomic mass is 32.2. The third-order valence-corrected chi connectivity index (χ3v) is 6.34. The Morgan fingerprint density at radius 2 is 1.63 bits per heavy atom. The Kier molecular flexibility index (Phi) is 9.14. The van der Waals surface area contributed by atoms with Crippen molar-refractivity contribution in [2.75, 3.05) is 0 Å². The fourth-order valence-corrected chi connectivity index (χ4v) is 4.44. The Hall–Kier alpha value is -2.58. The van der Waals surface area contributed by atoms with Crippen LogP contribution < -0.4 is 10.0 Å². The van der Waals surface area contributed by atoms with Gasteiger partial charge in [0.1, 0.15) is 5.82 Å². The predicted octanol–water partition coefficient (Wildman–Crippen LogP) is 3.57. The van der Waals surface area contributed by atoms with E-state index in [1.165, 1.54) is 37.6 Å². The molecule has 0 unspecified atom stereocenters. The van der Waals surface area contributed by atoms with Crippen molar-refractivity contribution in [1.82, 2.24) is 10.0 Å². The summed E-state index contributed by atoms with van der Waals surface area (Å²) in [5.74, 6) is -0.330. The fourth-order valence-electron chi connectivity index (χ4n) is 3.14. The largest absolute Gasteiger partial charge is 0.355 e. The van der Waals surface area contributed by atoms with Gasteiger partial charge in [-0.2, -0.15) is 0 Å². The number of Topliss-reactive ketones (excluding diaryl/α,β-unsaturated/α-hetero) is 1. The van der Waals surface area contributed by atoms with Gasteiger partial charge in [0.25, 0.3) is 0 Å². The van der Waals surface area contributed by atoms with Crippen molar-refractivity contribution in [2.45, 2.75) is 56.5 Å². The molecule has 0 aromatic heterocycles. The van der Waals surface area contributed by atoms with Crippen LogP contribution in [0.4, 0.5) is 4.39 Å². The van der Waals surface area contributed by atoms with Gasteiger partial charge in [0.15, 0.2) is 5.78 Å². The number of hydrogen-bond donors (Lipinski definition) is 2. The third kappa shape index (κ3) is 7.68. The summed E-state index contributed by atoms with van der Waals surface area (Å²) >= 11 is 0. The second-order valence-electron chi connectivity index (χ2n) is 7.16. The zero-order valence-corrected chi connectivity index (χ0v) is 17.8. The maximum Gasteiger partial charge on any atom is 0.240 e. The standard InChI is InChI=1S/C14H19NO3S.C8H8FNO/c1-11(16)12-7-9-14(10-8-12)19(17,18)15-13-5-3-2-4-6-13;9-8-3-1-7(2-4-8)5-10-6-11/h7-10,13,15H,2-6H2,1H3;1-4,6H,5H2,(H,10,11). The molecule has 2 aromatic rings. The third-order valence-electron chi connectivity index (χ3n) is 4.80. The van der Waals surface area contributed by atoms with E-state index in [1.807, 2.05) is 0 Å². The second-order valence-corrected chi connectivity index (χ2v) is 8.88. The summed E-state index contributed by atoms with van der Waals surface area (Å²) in [6, 6.07) is 12.1. The minimum atomic E-state index is -3.46. The molecule has 3 rings (SSSR count). The van der Waals surface area contributed by atoms with Crippen molar-refractivity contribution in [3.05, 3.63) is 65.5 Å². The van der Waals surface area contributed by atoms with E-state index in [-0.39, 0.29) is 22.5 Å². The van der Waals surface area contributed by atoms with Crippen LogP contribution in [0.3, 0.4) is 0 Å². The number of hydrogen-bond acceptors (Lipinski definition) is 4. The Labute approximate surface area is 176 Å². The summed E-state index contributed by atoms with van der Waals surface area (Å²) in [6.07, 6.45) is 5.78. The molecular weight excluding hydrogens is 407 g/mol. The van der Waals surface area contributed by atoms with Crippen molar-refractivity contribution >= 4 is 22.2 Å². The van der Waals surface area contributed by atoms with Crippen LogP contribution >= 0.6 is 0 Å². The summed E-state index contributed by atoms with van der Waals surface area (Å²) < 4.78 is 39.4. The van der Waals surface area contributed by atoms with Crippen molar-refractivity contribution in [3.63, 3.8) is 0 Å². The Balaban J connectivity index is 0.000000248. The summed E-state index contributed by atoms with van der Waals surface area (Å²) in [5.41, 5.74) is 1.41. The highest BCUT2D eigenvalue weighted by Crippen LogP contribution is 2.20. The van der Waals surface area contributed by atoms with Gasteiger partial charge in [-0.3, -0.25) is 9.59 Å². The highest BCUT2D eigenvalue weighted by molar-refractivity contribution is 7.89. The molecule has 162 valence electrons. The quantitative estimate of drug-likeness (QED) is 0.515. The monoisotopic (exact) mass is 434 g/mol. The van der Waals surface area contributed by atoms with Gasteiger partial charge < -0.3 is 5.32 Å². The molecule has 0 saturated heterocycles. The number of amides is 1. The number of carbonyl (C=O) groups excluding carboxylic acids is 2. The maximum absolute atomic E-state index is 12.3. The molecular formula is C22H27FN2O4S. The SMILES string of the molecule is CC(=O)c1ccc(S(=O)(=O)NC2CCCCC2)cc1.O=CNCc1ccc(F)cc1.